The maximum absolute atomic E-state index is 4.94. The predicted molar refractivity (Wildman–Crippen MR) is 167 cm³/mol. The van der Waals surface area contributed by atoms with Crippen LogP contribution in [0, 0.1) is 0 Å². The second-order valence-corrected chi connectivity index (χ2v) is 9.74. The minimum absolute atomic E-state index is 0.870. The Morgan fingerprint density at radius 3 is 1.79 bits per heavy atom. The molecule has 0 aliphatic carbocycles. The van der Waals surface area contributed by atoms with Crippen molar-refractivity contribution in [3.63, 3.8) is 0 Å². The Kier molecular flexibility index (Phi) is 8.60. The second kappa shape index (κ2) is 12.8. The van der Waals surface area contributed by atoms with Crippen molar-refractivity contribution in [2.75, 3.05) is 18.0 Å². The molecule has 0 unspecified atom stereocenters. The molecule has 0 fully saturated rings. The van der Waals surface area contributed by atoms with E-state index in [1.54, 1.807) is 0 Å². The van der Waals surface area contributed by atoms with Crippen molar-refractivity contribution >= 4 is 17.8 Å². The summed E-state index contributed by atoms with van der Waals surface area (Å²) in [4.78, 5) is 12.0. The first-order valence-corrected chi connectivity index (χ1v) is 13.9. The third-order valence-corrected chi connectivity index (χ3v) is 6.78. The number of rotatable bonds is 10. The third-order valence-electron chi connectivity index (χ3n) is 6.78. The van der Waals surface area contributed by atoms with Crippen molar-refractivity contribution < 1.29 is 0 Å². The number of hydrogen-bond acceptors (Lipinski definition) is 3. The fraction of sp³-hybridized carbons (Fsp3) is 0.167. The first-order chi connectivity index (χ1) is 19.2. The first kappa shape index (κ1) is 26.1. The summed E-state index contributed by atoms with van der Waals surface area (Å²) in [6.07, 6.45) is 8.50. The van der Waals surface area contributed by atoms with Crippen LogP contribution in [0.5, 0.6) is 0 Å². The van der Waals surface area contributed by atoms with E-state index in [9.17, 15) is 0 Å². The van der Waals surface area contributed by atoms with Crippen molar-refractivity contribution in [3.8, 4) is 33.8 Å². The van der Waals surface area contributed by atoms with E-state index in [1.165, 1.54) is 16.8 Å². The standard InChI is InChI=1S/C36H35N3/c1-3-24-39(25-4-2)33-21-17-29(18-22-33)14-13-28-15-19-30(20-16-28)32-26-35(31-10-6-5-7-11-31)38-36(27-32)34-12-8-9-23-37-34/h5-23,26-27H,3-4,24-25H2,1-2H3/b14-13+. The average Bonchev–Trinajstić information content (AvgIpc) is 3.01. The molecular weight excluding hydrogens is 474 g/mol. The van der Waals surface area contributed by atoms with Crippen LogP contribution in [0.4, 0.5) is 5.69 Å². The lowest BCUT2D eigenvalue weighted by Crippen LogP contribution is -2.24. The van der Waals surface area contributed by atoms with Gasteiger partial charge >= 0.3 is 0 Å². The van der Waals surface area contributed by atoms with Crippen LogP contribution in [0.1, 0.15) is 37.8 Å². The quantitative estimate of drug-likeness (QED) is 0.176. The van der Waals surface area contributed by atoms with Gasteiger partial charge in [-0.05, 0) is 71.5 Å². The van der Waals surface area contributed by atoms with E-state index >= 15 is 0 Å². The molecular formula is C36H35N3. The van der Waals surface area contributed by atoms with Gasteiger partial charge in [-0.15, -0.1) is 0 Å². The van der Waals surface area contributed by atoms with Crippen molar-refractivity contribution in [1.82, 2.24) is 9.97 Å². The number of benzene rings is 3. The Hall–Kier alpha value is -4.50. The molecule has 3 aromatic carbocycles. The van der Waals surface area contributed by atoms with Gasteiger partial charge in [0.2, 0.25) is 0 Å². The Bertz CT molecular complexity index is 1430. The maximum Gasteiger partial charge on any atom is 0.0899 e. The molecule has 0 aliphatic heterocycles. The summed E-state index contributed by atoms with van der Waals surface area (Å²) in [6, 6.07) is 38.1. The number of hydrogen-bond donors (Lipinski definition) is 0. The fourth-order valence-electron chi connectivity index (χ4n) is 4.78. The highest BCUT2D eigenvalue weighted by atomic mass is 15.1. The SMILES string of the molecule is CCCN(CCC)c1ccc(/C=C/c2ccc(-c3cc(-c4ccccc4)nc(-c4ccccn4)c3)cc2)cc1. The summed E-state index contributed by atoms with van der Waals surface area (Å²) in [6.45, 7) is 6.68. The number of pyridine rings is 2. The Morgan fingerprint density at radius 2 is 1.18 bits per heavy atom. The summed E-state index contributed by atoms with van der Waals surface area (Å²) in [5.41, 5.74) is 9.73. The Morgan fingerprint density at radius 1 is 0.564 bits per heavy atom. The van der Waals surface area contributed by atoms with Crippen molar-refractivity contribution in [1.29, 1.82) is 0 Å². The van der Waals surface area contributed by atoms with Gasteiger partial charge in [-0.2, -0.15) is 0 Å². The highest BCUT2D eigenvalue weighted by Crippen LogP contribution is 2.30. The van der Waals surface area contributed by atoms with Crippen LogP contribution in [0.25, 0.3) is 45.9 Å². The van der Waals surface area contributed by atoms with Gasteiger partial charge in [-0.1, -0.05) is 98.8 Å². The van der Waals surface area contributed by atoms with Gasteiger partial charge < -0.3 is 4.90 Å². The average molecular weight is 510 g/mol. The highest BCUT2D eigenvalue weighted by molar-refractivity contribution is 5.77. The topological polar surface area (TPSA) is 29.0 Å². The normalized spacial score (nSPS) is 11.1. The molecule has 5 aromatic rings. The molecule has 3 nitrogen and oxygen atoms in total. The molecule has 3 heteroatoms. The van der Waals surface area contributed by atoms with Crippen LogP contribution in [-0.4, -0.2) is 23.1 Å². The fourth-order valence-corrected chi connectivity index (χ4v) is 4.78. The molecule has 0 radical (unpaired) electrons. The van der Waals surface area contributed by atoms with E-state index in [-0.39, 0.29) is 0 Å². The monoisotopic (exact) mass is 509 g/mol. The van der Waals surface area contributed by atoms with Gasteiger partial charge in [0.15, 0.2) is 0 Å². The molecule has 0 amide bonds. The van der Waals surface area contributed by atoms with Crippen LogP contribution >= 0.6 is 0 Å². The van der Waals surface area contributed by atoms with Gasteiger partial charge in [0, 0.05) is 30.5 Å². The van der Waals surface area contributed by atoms with Gasteiger partial charge in [-0.3, -0.25) is 4.98 Å². The second-order valence-electron chi connectivity index (χ2n) is 9.74. The zero-order chi connectivity index (χ0) is 26.9. The summed E-state index contributed by atoms with van der Waals surface area (Å²) in [7, 11) is 0. The van der Waals surface area contributed by atoms with Crippen molar-refractivity contribution in [3.05, 3.63) is 127 Å². The Labute approximate surface area is 232 Å². The lowest BCUT2D eigenvalue weighted by molar-refractivity contribution is 0.745. The lowest BCUT2D eigenvalue weighted by Gasteiger charge is -2.23. The molecule has 2 heterocycles. The minimum atomic E-state index is 0.870. The van der Waals surface area contributed by atoms with Crippen LogP contribution in [0.2, 0.25) is 0 Å². The van der Waals surface area contributed by atoms with E-state index in [2.05, 4.69) is 109 Å². The molecule has 39 heavy (non-hydrogen) atoms. The van der Waals surface area contributed by atoms with Crippen molar-refractivity contribution in [2.45, 2.75) is 26.7 Å². The predicted octanol–water partition coefficient (Wildman–Crippen LogP) is 9.27. The van der Waals surface area contributed by atoms with E-state index in [1.807, 2.05) is 42.6 Å². The largest absolute Gasteiger partial charge is 0.372 e. The number of nitrogens with zero attached hydrogens (tertiary/aromatic N) is 3. The van der Waals surface area contributed by atoms with E-state index in [0.29, 0.717) is 0 Å². The summed E-state index contributed by atoms with van der Waals surface area (Å²) < 4.78 is 0. The summed E-state index contributed by atoms with van der Waals surface area (Å²) >= 11 is 0. The molecule has 0 bridgehead atoms. The summed E-state index contributed by atoms with van der Waals surface area (Å²) in [5.74, 6) is 0. The molecule has 2 aromatic heterocycles. The Balaban J connectivity index is 1.38. The lowest BCUT2D eigenvalue weighted by atomic mass is 10.00. The molecule has 194 valence electrons. The number of aromatic nitrogens is 2. The zero-order valence-corrected chi connectivity index (χ0v) is 22.8. The molecule has 0 spiro atoms. The maximum atomic E-state index is 4.94. The van der Waals surface area contributed by atoms with Crippen LogP contribution in [0.3, 0.4) is 0 Å². The van der Waals surface area contributed by atoms with E-state index in [4.69, 9.17) is 4.98 Å². The van der Waals surface area contributed by atoms with Gasteiger partial charge in [0.25, 0.3) is 0 Å². The third kappa shape index (κ3) is 6.69. The molecule has 0 saturated carbocycles. The van der Waals surface area contributed by atoms with Crippen molar-refractivity contribution in [2.24, 2.45) is 0 Å². The molecule has 0 aliphatic rings. The molecule has 0 saturated heterocycles. The number of anilines is 1. The highest BCUT2D eigenvalue weighted by Gasteiger charge is 2.10. The minimum Gasteiger partial charge on any atom is -0.372 e. The van der Waals surface area contributed by atoms with Crippen LogP contribution in [-0.2, 0) is 0 Å². The van der Waals surface area contributed by atoms with Crippen LogP contribution < -0.4 is 4.90 Å². The molecule has 5 rings (SSSR count). The van der Waals surface area contributed by atoms with Gasteiger partial charge in [0.1, 0.15) is 0 Å². The summed E-state index contributed by atoms with van der Waals surface area (Å²) in [5, 5.41) is 0. The van der Waals surface area contributed by atoms with Crippen LogP contribution in [0.15, 0.2) is 115 Å². The molecule has 0 N–H and O–H groups in total. The van der Waals surface area contributed by atoms with E-state index < -0.39 is 0 Å². The molecule has 0 atom stereocenters. The first-order valence-electron chi connectivity index (χ1n) is 13.9. The van der Waals surface area contributed by atoms with Gasteiger partial charge in [0.05, 0.1) is 17.1 Å². The van der Waals surface area contributed by atoms with E-state index in [0.717, 1.165) is 59.7 Å². The van der Waals surface area contributed by atoms with Gasteiger partial charge in [-0.25, -0.2) is 4.98 Å². The smallest absolute Gasteiger partial charge is 0.0899 e. The zero-order valence-electron chi connectivity index (χ0n) is 22.8.